The maximum Gasteiger partial charge on any atom is 0.0166 e. The molecule has 0 unspecified atom stereocenters. The molecule has 2 fully saturated rings. The quantitative estimate of drug-likeness (QED) is 0.778. The summed E-state index contributed by atoms with van der Waals surface area (Å²) >= 11 is 0. The molecule has 0 spiro atoms. The Balaban J connectivity index is 1.64. The van der Waals surface area contributed by atoms with E-state index in [2.05, 4.69) is 11.9 Å². The fourth-order valence-electron chi connectivity index (χ4n) is 3.47. The van der Waals surface area contributed by atoms with Crippen LogP contribution < -0.4 is 5.73 Å². The van der Waals surface area contributed by atoms with Crippen LogP contribution in [0, 0.1) is 5.92 Å². The summed E-state index contributed by atoms with van der Waals surface area (Å²) in [6.07, 6.45) is 12.2. The van der Waals surface area contributed by atoms with E-state index < -0.39 is 0 Å². The van der Waals surface area contributed by atoms with E-state index in [-0.39, 0.29) is 5.54 Å². The molecule has 0 aliphatic heterocycles. The van der Waals surface area contributed by atoms with Crippen molar-refractivity contribution in [3.05, 3.63) is 0 Å². The first kappa shape index (κ1) is 12.4. The zero-order valence-corrected chi connectivity index (χ0v) is 10.9. The molecule has 0 atom stereocenters. The average molecular weight is 224 g/mol. The Morgan fingerprint density at radius 1 is 1.12 bits per heavy atom. The minimum atomic E-state index is 0.184. The predicted molar refractivity (Wildman–Crippen MR) is 69.5 cm³/mol. The van der Waals surface area contributed by atoms with Gasteiger partial charge in [-0.25, -0.2) is 0 Å². The molecular formula is C14H28N2. The number of nitrogens with zero attached hydrogens (tertiary/aromatic N) is 1. The van der Waals surface area contributed by atoms with Gasteiger partial charge in [0.05, 0.1) is 0 Å². The number of nitrogens with two attached hydrogens (primary N) is 1. The van der Waals surface area contributed by atoms with Gasteiger partial charge in [-0.3, -0.25) is 0 Å². The fourth-order valence-corrected chi connectivity index (χ4v) is 3.47. The van der Waals surface area contributed by atoms with E-state index in [1.165, 1.54) is 70.9 Å². The van der Waals surface area contributed by atoms with Crippen LogP contribution in [0.1, 0.15) is 57.8 Å². The van der Waals surface area contributed by atoms with Crippen molar-refractivity contribution in [2.24, 2.45) is 11.7 Å². The van der Waals surface area contributed by atoms with Crippen LogP contribution in [-0.4, -0.2) is 30.6 Å². The van der Waals surface area contributed by atoms with Crippen molar-refractivity contribution in [1.29, 1.82) is 0 Å². The fraction of sp³-hybridized carbons (Fsp3) is 1.00. The summed E-state index contributed by atoms with van der Waals surface area (Å²) in [4.78, 5) is 2.52. The Morgan fingerprint density at radius 2 is 1.75 bits per heavy atom. The zero-order valence-electron chi connectivity index (χ0n) is 10.9. The number of hydrogen-bond donors (Lipinski definition) is 1. The van der Waals surface area contributed by atoms with E-state index in [0.717, 1.165) is 5.92 Å². The third kappa shape index (κ3) is 3.46. The largest absolute Gasteiger partial charge is 0.325 e. The Hall–Kier alpha value is -0.0800. The summed E-state index contributed by atoms with van der Waals surface area (Å²) in [6, 6.07) is 0. The second kappa shape index (κ2) is 5.50. The number of rotatable bonds is 5. The molecule has 2 nitrogen and oxygen atoms in total. The molecule has 2 heteroatoms. The van der Waals surface area contributed by atoms with Gasteiger partial charge in [0.15, 0.2) is 0 Å². The highest BCUT2D eigenvalue weighted by molar-refractivity contribution is 4.89. The topological polar surface area (TPSA) is 29.3 Å². The van der Waals surface area contributed by atoms with Crippen molar-refractivity contribution < 1.29 is 0 Å². The third-order valence-corrected chi connectivity index (χ3v) is 4.64. The molecule has 0 heterocycles. The van der Waals surface area contributed by atoms with Gasteiger partial charge in [0.2, 0.25) is 0 Å². The van der Waals surface area contributed by atoms with Gasteiger partial charge in [0.25, 0.3) is 0 Å². The maximum atomic E-state index is 6.39. The summed E-state index contributed by atoms with van der Waals surface area (Å²) in [5.74, 6) is 0.974. The molecular weight excluding hydrogens is 196 g/mol. The number of hydrogen-bond acceptors (Lipinski definition) is 2. The first-order chi connectivity index (χ1) is 7.68. The Kier molecular flexibility index (Phi) is 4.26. The Bertz CT molecular complexity index is 203. The van der Waals surface area contributed by atoms with Crippen LogP contribution in [-0.2, 0) is 0 Å². The van der Waals surface area contributed by atoms with Crippen LogP contribution in [0.15, 0.2) is 0 Å². The van der Waals surface area contributed by atoms with Crippen LogP contribution in [0.2, 0.25) is 0 Å². The van der Waals surface area contributed by atoms with Crippen LogP contribution in [0.4, 0.5) is 0 Å². The summed E-state index contributed by atoms with van der Waals surface area (Å²) in [5, 5.41) is 0. The van der Waals surface area contributed by atoms with Gasteiger partial charge in [0.1, 0.15) is 0 Å². The lowest BCUT2D eigenvalue weighted by molar-refractivity contribution is 0.245. The highest BCUT2D eigenvalue weighted by Gasteiger charge is 2.29. The lowest BCUT2D eigenvalue weighted by Gasteiger charge is -2.28. The van der Waals surface area contributed by atoms with Gasteiger partial charge in [-0.15, -0.1) is 0 Å². The van der Waals surface area contributed by atoms with Gasteiger partial charge < -0.3 is 10.6 Å². The van der Waals surface area contributed by atoms with Crippen molar-refractivity contribution in [2.45, 2.75) is 63.3 Å². The monoisotopic (exact) mass is 224 g/mol. The van der Waals surface area contributed by atoms with Gasteiger partial charge in [-0.2, -0.15) is 0 Å². The standard InChI is InChI=1S/C14H28N2/c1-16(12-13-6-2-3-7-13)11-10-14(15)8-4-5-9-14/h13H,2-12,15H2,1H3. The van der Waals surface area contributed by atoms with Gasteiger partial charge >= 0.3 is 0 Å². The van der Waals surface area contributed by atoms with E-state index in [4.69, 9.17) is 5.73 Å². The molecule has 0 saturated heterocycles. The van der Waals surface area contributed by atoms with E-state index in [0.29, 0.717) is 0 Å². The molecule has 0 radical (unpaired) electrons. The summed E-state index contributed by atoms with van der Waals surface area (Å²) in [7, 11) is 2.27. The molecule has 94 valence electrons. The molecule has 0 amide bonds. The lowest BCUT2D eigenvalue weighted by Crippen LogP contribution is -2.40. The van der Waals surface area contributed by atoms with Crippen molar-refractivity contribution >= 4 is 0 Å². The Morgan fingerprint density at radius 3 is 2.38 bits per heavy atom. The van der Waals surface area contributed by atoms with Crippen LogP contribution in [0.5, 0.6) is 0 Å². The highest BCUT2D eigenvalue weighted by Crippen LogP contribution is 2.30. The van der Waals surface area contributed by atoms with Crippen molar-refractivity contribution in [2.75, 3.05) is 20.1 Å². The summed E-state index contributed by atoms with van der Waals surface area (Å²) < 4.78 is 0. The lowest BCUT2D eigenvalue weighted by atomic mass is 9.94. The predicted octanol–water partition coefficient (Wildman–Crippen LogP) is 2.77. The molecule has 0 bridgehead atoms. The van der Waals surface area contributed by atoms with Gasteiger partial charge in [-0.1, -0.05) is 25.7 Å². The second-order valence-electron chi connectivity index (χ2n) is 6.23. The van der Waals surface area contributed by atoms with E-state index in [9.17, 15) is 0 Å². The van der Waals surface area contributed by atoms with Crippen molar-refractivity contribution in [3.63, 3.8) is 0 Å². The van der Waals surface area contributed by atoms with Crippen LogP contribution >= 0.6 is 0 Å². The second-order valence-corrected chi connectivity index (χ2v) is 6.23. The minimum Gasteiger partial charge on any atom is -0.325 e. The zero-order chi connectivity index (χ0) is 11.4. The molecule has 0 aromatic heterocycles. The van der Waals surface area contributed by atoms with Crippen LogP contribution in [0.25, 0.3) is 0 Å². The SMILES string of the molecule is CN(CCC1(N)CCCC1)CC1CCCC1. The van der Waals surface area contributed by atoms with Gasteiger partial charge in [-0.05, 0) is 51.6 Å². The van der Waals surface area contributed by atoms with E-state index in [1.54, 1.807) is 0 Å². The molecule has 0 aromatic carbocycles. The van der Waals surface area contributed by atoms with Crippen molar-refractivity contribution in [1.82, 2.24) is 4.90 Å². The molecule has 2 rings (SSSR count). The summed E-state index contributed by atoms with van der Waals surface area (Å²) in [6.45, 7) is 2.50. The average Bonchev–Trinajstić information content (AvgIpc) is 2.88. The first-order valence-electron chi connectivity index (χ1n) is 7.15. The molecule has 2 N–H and O–H groups in total. The molecule has 2 aliphatic carbocycles. The smallest absolute Gasteiger partial charge is 0.0166 e. The highest BCUT2D eigenvalue weighted by atomic mass is 15.1. The summed E-state index contributed by atoms with van der Waals surface area (Å²) in [5.41, 5.74) is 6.57. The molecule has 16 heavy (non-hydrogen) atoms. The third-order valence-electron chi connectivity index (χ3n) is 4.64. The first-order valence-corrected chi connectivity index (χ1v) is 7.15. The maximum absolute atomic E-state index is 6.39. The Labute approximate surface area is 101 Å². The minimum absolute atomic E-state index is 0.184. The van der Waals surface area contributed by atoms with Crippen molar-refractivity contribution in [3.8, 4) is 0 Å². The van der Waals surface area contributed by atoms with Crippen LogP contribution in [0.3, 0.4) is 0 Å². The molecule has 2 saturated carbocycles. The van der Waals surface area contributed by atoms with Gasteiger partial charge in [0, 0.05) is 12.1 Å². The van der Waals surface area contributed by atoms with E-state index in [1.807, 2.05) is 0 Å². The molecule has 0 aromatic rings. The van der Waals surface area contributed by atoms with E-state index >= 15 is 0 Å². The molecule has 2 aliphatic rings. The normalized spacial score (nSPS) is 25.7.